The largest absolute Gasteiger partial charge is 0.380 e. The molecule has 2 aromatic rings. The first-order valence-corrected chi connectivity index (χ1v) is 6.02. The number of benzene rings is 2. The molecular formula is C14H12ClFN2O. The van der Waals surface area contributed by atoms with Gasteiger partial charge >= 0.3 is 0 Å². The Labute approximate surface area is 115 Å². The van der Waals surface area contributed by atoms with E-state index in [2.05, 4.69) is 5.32 Å². The lowest BCUT2D eigenvalue weighted by atomic mass is 10.1. The van der Waals surface area contributed by atoms with Crippen molar-refractivity contribution in [2.45, 2.75) is 6.54 Å². The van der Waals surface area contributed by atoms with E-state index in [0.717, 1.165) is 0 Å². The van der Waals surface area contributed by atoms with Crippen LogP contribution < -0.4 is 11.1 Å². The number of carbonyl (C=O) groups is 1. The average Bonchev–Trinajstić information content (AvgIpc) is 2.39. The molecule has 0 atom stereocenters. The van der Waals surface area contributed by atoms with E-state index < -0.39 is 11.7 Å². The van der Waals surface area contributed by atoms with Gasteiger partial charge in [0.05, 0.1) is 10.7 Å². The van der Waals surface area contributed by atoms with E-state index >= 15 is 0 Å². The van der Waals surface area contributed by atoms with Gasteiger partial charge in [-0.2, -0.15) is 0 Å². The molecule has 0 aliphatic rings. The highest BCUT2D eigenvalue weighted by atomic mass is 35.5. The highest BCUT2D eigenvalue weighted by Gasteiger charge is 2.07. The molecule has 0 aliphatic heterocycles. The van der Waals surface area contributed by atoms with Crippen molar-refractivity contribution in [2.75, 3.05) is 5.32 Å². The third-order valence-corrected chi connectivity index (χ3v) is 3.00. The molecule has 0 aliphatic carbocycles. The Hall–Kier alpha value is -2.07. The maximum absolute atomic E-state index is 13.6. The first-order valence-electron chi connectivity index (χ1n) is 5.64. The molecule has 0 unspecified atom stereocenters. The van der Waals surface area contributed by atoms with E-state index in [9.17, 15) is 9.18 Å². The number of amides is 1. The van der Waals surface area contributed by atoms with E-state index in [4.69, 9.17) is 17.3 Å². The van der Waals surface area contributed by atoms with E-state index in [1.807, 2.05) is 12.1 Å². The maximum atomic E-state index is 13.6. The summed E-state index contributed by atoms with van der Waals surface area (Å²) in [6, 6.07) is 11.2. The number of anilines is 1. The zero-order valence-electron chi connectivity index (χ0n) is 9.99. The predicted octanol–water partition coefficient (Wildman–Crippen LogP) is 3.19. The van der Waals surface area contributed by atoms with E-state index in [1.54, 1.807) is 12.1 Å². The molecule has 0 bridgehead atoms. The topological polar surface area (TPSA) is 55.1 Å². The van der Waals surface area contributed by atoms with Gasteiger partial charge < -0.3 is 11.1 Å². The molecule has 0 fully saturated rings. The van der Waals surface area contributed by atoms with Gasteiger partial charge in [0.25, 0.3) is 0 Å². The Morgan fingerprint density at radius 2 is 2.00 bits per heavy atom. The molecule has 0 heterocycles. The monoisotopic (exact) mass is 278 g/mol. The SMILES string of the molecule is NC(=O)c1ccc(F)c(CNc2ccccc2Cl)c1. The van der Waals surface area contributed by atoms with Gasteiger partial charge in [-0.3, -0.25) is 4.79 Å². The van der Waals surface area contributed by atoms with Crippen LogP contribution in [0, 0.1) is 5.82 Å². The van der Waals surface area contributed by atoms with Crippen LogP contribution in [-0.4, -0.2) is 5.91 Å². The van der Waals surface area contributed by atoms with Crippen LogP contribution in [0.1, 0.15) is 15.9 Å². The van der Waals surface area contributed by atoms with Gasteiger partial charge in [0, 0.05) is 17.7 Å². The first kappa shape index (κ1) is 13.4. The zero-order chi connectivity index (χ0) is 13.8. The number of para-hydroxylation sites is 1. The Balaban J connectivity index is 2.17. The molecule has 2 rings (SSSR count). The van der Waals surface area contributed by atoms with Gasteiger partial charge in [0.15, 0.2) is 0 Å². The third-order valence-electron chi connectivity index (χ3n) is 2.67. The average molecular weight is 279 g/mol. The molecule has 0 aromatic heterocycles. The van der Waals surface area contributed by atoms with Crippen molar-refractivity contribution in [3.05, 3.63) is 64.4 Å². The Bertz CT molecular complexity index is 616. The minimum atomic E-state index is -0.584. The second kappa shape index (κ2) is 5.71. The normalized spacial score (nSPS) is 10.2. The van der Waals surface area contributed by atoms with E-state index in [-0.39, 0.29) is 12.1 Å². The van der Waals surface area contributed by atoms with Gasteiger partial charge in [0.1, 0.15) is 5.82 Å². The Morgan fingerprint density at radius 1 is 1.26 bits per heavy atom. The van der Waals surface area contributed by atoms with Gasteiger partial charge in [-0.15, -0.1) is 0 Å². The summed E-state index contributed by atoms with van der Waals surface area (Å²) in [7, 11) is 0. The smallest absolute Gasteiger partial charge is 0.248 e. The highest BCUT2D eigenvalue weighted by Crippen LogP contribution is 2.21. The van der Waals surface area contributed by atoms with Crippen molar-refractivity contribution >= 4 is 23.2 Å². The molecule has 3 N–H and O–H groups in total. The predicted molar refractivity (Wildman–Crippen MR) is 73.7 cm³/mol. The van der Waals surface area contributed by atoms with Crippen LogP contribution in [0.2, 0.25) is 5.02 Å². The van der Waals surface area contributed by atoms with Crippen LogP contribution in [0.5, 0.6) is 0 Å². The highest BCUT2D eigenvalue weighted by molar-refractivity contribution is 6.33. The van der Waals surface area contributed by atoms with Crippen LogP contribution >= 0.6 is 11.6 Å². The molecule has 98 valence electrons. The van der Waals surface area contributed by atoms with Gasteiger partial charge in [-0.1, -0.05) is 23.7 Å². The lowest BCUT2D eigenvalue weighted by molar-refractivity contribution is 0.1000. The fourth-order valence-corrected chi connectivity index (χ4v) is 1.86. The molecule has 2 aromatic carbocycles. The molecule has 0 radical (unpaired) electrons. The van der Waals surface area contributed by atoms with Crippen LogP contribution in [0.15, 0.2) is 42.5 Å². The summed E-state index contributed by atoms with van der Waals surface area (Å²) >= 11 is 5.98. The standard InChI is InChI=1S/C14H12ClFN2O/c15-11-3-1-2-4-13(11)18-8-10-7-9(14(17)19)5-6-12(10)16/h1-7,18H,8H2,(H2,17,19). The molecule has 5 heteroatoms. The van der Waals surface area contributed by atoms with Gasteiger partial charge in [0.2, 0.25) is 5.91 Å². The summed E-state index contributed by atoms with van der Waals surface area (Å²) < 4.78 is 13.6. The lowest BCUT2D eigenvalue weighted by Crippen LogP contribution is -2.12. The minimum absolute atomic E-state index is 0.219. The first-order chi connectivity index (χ1) is 9.08. The summed E-state index contributed by atoms with van der Waals surface area (Å²) in [6.45, 7) is 0.219. The second-order valence-electron chi connectivity index (χ2n) is 4.00. The Morgan fingerprint density at radius 3 is 2.68 bits per heavy atom. The minimum Gasteiger partial charge on any atom is -0.380 e. The summed E-state index contributed by atoms with van der Waals surface area (Å²) in [5.74, 6) is -0.983. The number of hydrogen-bond donors (Lipinski definition) is 2. The summed E-state index contributed by atoms with van der Waals surface area (Å²) in [5, 5.41) is 3.56. The molecule has 3 nitrogen and oxygen atoms in total. The van der Waals surface area contributed by atoms with Crippen LogP contribution in [-0.2, 0) is 6.54 Å². The van der Waals surface area contributed by atoms with Crippen molar-refractivity contribution in [1.29, 1.82) is 0 Å². The van der Waals surface area contributed by atoms with Crippen LogP contribution in [0.25, 0.3) is 0 Å². The van der Waals surface area contributed by atoms with Crippen molar-refractivity contribution in [3.63, 3.8) is 0 Å². The summed E-state index contributed by atoms with van der Waals surface area (Å²) in [4.78, 5) is 11.1. The molecule has 1 amide bonds. The molecule has 0 spiro atoms. The van der Waals surface area contributed by atoms with Crippen molar-refractivity contribution in [3.8, 4) is 0 Å². The number of carbonyl (C=O) groups excluding carboxylic acids is 1. The molecule has 0 saturated heterocycles. The molecule has 19 heavy (non-hydrogen) atoms. The molecule has 0 saturated carbocycles. The number of nitrogens with two attached hydrogens (primary N) is 1. The van der Waals surface area contributed by atoms with Crippen molar-refractivity contribution in [2.24, 2.45) is 5.73 Å². The quantitative estimate of drug-likeness (QED) is 0.902. The summed E-state index contributed by atoms with van der Waals surface area (Å²) in [5.41, 5.74) is 6.50. The van der Waals surface area contributed by atoms with Crippen LogP contribution in [0.3, 0.4) is 0 Å². The fraction of sp³-hybridized carbons (Fsp3) is 0.0714. The van der Waals surface area contributed by atoms with Crippen molar-refractivity contribution in [1.82, 2.24) is 0 Å². The van der Waals surface area contributed by atoms with Crippen LogP contribution in [0.4, 0.5) is 10.1 Å². The van der Waals surface area contributed by atoms with E-state index in [1.165, 1.54) is 18.2 Å². The fourth-order valence-electron chi connectivity index (χ4n) is 1.66. The van der Waals surface area contributed by atoms with Crippen molar-refractivity contribution < 1.29 is 9.18 Å². The number of nitrogens with one attached hydrogen (secondary N) is 1. The van der Waals surface area contributed by atoms with Gasteiger partial charge in [-0.25, -0.2) is 4.39 Å². The maximum Gasteiger partial charge on any atom is 0.248 e. The lowest BCUT2D eigenvalue weighted by Gasteiger charge is -2.09. The second-order valence-corrected chi connectivity index (χ2v) is 4.41. The number of halogens is 2. The summed E-state index contributed by atoms with van der Waals surface area (Å²) in [6.07, 6.45) is 0. The third kappa shape index (κ3) is 3.23. The number of hydrogen-bond acceptors (Lipinski definition) is 2. The number of rotatable bonds is 4. The molecular weight excluding hydrogens is 267 g/mol. The van der Waals surface area contributed by atoms with E-state index in [0.29, 0.717) is 16.3 Å². The number of primary amides is 1. The Kier molecular flexibility index (Phi) is 4.02. The van der Waals surface area contributed by atoms with Gasteiger partial charge in [-0.05, 0) is 30.3 Å². The zero-order valence-corrected chi connectivity index (χ0v) is 10.7.